The van der Waals surface area contributed by atoms with Crippen molar-refractivity contribution in [2.45, 2.75) is 63.2 Å². The fraction of sp³-hybridized carbons (Fsp3) is 0.654. The summed E-state index contributed by atoms with van der Waals surface area (Å²) in [7, 11) is 1.78. The van der Waals surface area contributed by atoms with Crippen molar-refractivity contribution >= 4 is 5.78 Å². The average Bonchev–Trinajstić information content (AvgIpc) is 3.16. The standard InChI is InChI=1S/C26H34F4N4O3/c1-33-16-22(15-31-33)36-17-21(35)14-19-4-8-25(27,9-5-19)10-13-34-11-6-20-2-3-24(32-23(20)7-12-34)37-18-26(28,29)30/h2-3,15-16,19H,4-14,17-18H2,1H3. The third-order valence-electron chi connectivity index (χ3n) is 7.26. The maximum atomic E-state index is 15.5. The van der Waals surface area contributed by atoms with Crippen molar-refractivity contribution in [1.82, 2.24) is 19.7 Å². The number of Topliss-reactive ketones (excluding diaryl/α,β-unsaturated/α-hetero) is 1. The van der Waals surface area contributed by atoms with Crippen molar-refractivity contribution < 1.29 is 31.8 Å². The Labute approximate surface area is 214 Å². The number of rotatable bonds is 10. The van der Waals surface area contributed by atoms with Crippen LogP contribution in [0.2, 0.25) is 0 Å². The molecule has 2 aromatic heterocycles. The third kappa shape index (κ3) is 8.41. The molecule has 204 valence electrons. The number of fused-ring (bicyclic) bond motifs is 1. The molecule has 0 atom stereocenters. The summed E-state index contributed by atoms with van der Waals surface area (Å²) in [5.41, 5.74) is 0.506. The first-order valence-corrected chi connectivity index (χ1v) is 12.8. The lowest BCUT2D eigenvalue weighted by Crippen LogP contribution is -2.36. The van der Waals surface area contributed by atoms with Crippen LogP contribution in [0.1, 0.15) is 49.8 Å². The molecule has 1 fully saturated rings. The smallest absolute Gasteiger partial charge is 0.422 e. The van der Waals surface area contributed by atoms with Gasteiger partial charge >= 0.3 is 6.18 Å². The molecule has 7 nitrogen and oxygen atoms in total. The number of aryl methyl sites for hydroxylation is 1. The van der Waals surface area contributed by atoms with Crippen LogP contribution in [-0.2, 0) is 24.7 Å². The van der Waals surface area contributed by atoms with Gasteiger partial charge in [-0.05, 0) is 50.0 Å². The molecular weight excluding hydrogens is 492 g/mol. The van der Waals surface area contributed by atoms with Gasteiger partial charge in [-0.2, -0.15) is 18.3 Å². The molecule has 0 aromatic carbocycles. The minimum Gasteiger partial charge on any atom is -0.483 e. The molecule has 37 heavy (non-hydrogen) atoms. The van der Waals surface area contributed by atoms with Crippen molar-refractivity contribution in [3.8, 4) is 11.6 Å². The Morgan fingerprint density at radius 1 is 1.16 bits per heavy atom. The zero-order valence-electron chi connectivity index (χ0n) is 21.1. The van der Waals surface area contributed by atoms with Crippen LogP contribution < -0.4 is 9.47 Å². The fourth-order valence-electron chi connectivity index (χ4n) is 5.09. The zero-order valence-corrected chi connectivity index (χ0v) is 21.1. The Bertz CT molecular complexity index is 1050. The first-order valence-electron chi connectivity index (χ1n) is 12.8. The number of carbonyl (C=O) groups is 1. The first kappa shape index (κ1) is 27.3. The van der Waals surface area contributed by atoms with Crippen molar-refractivity contribution in [3.63, 3.8) is 0 Å². The van der Waals surface area contributed by atoms with Gasteiger partial charge < -0.3 is 14.4 Å². The molecule has 0 bridgehead atoms. The van der Waals surface area contributed by atoms with Gasteiger partial charge in [-0.3, -0.25) is 9.48 Å². The largest absolute Gasteiger partial charge is 0.483 e. The summed E-state index contributed by atoms with van der Waals surface area (Å²) < 4.78 is 64.7. The van der Waals surface area contributed by atoms with Crippen molar-refractivity contribution in [2.75, 3.05) is 32.8 Å². The molecule has 0 saturated heterocycles. The fourth-order valence-corrected chi connectivity index (χ4v) is 5.09. The Morgan fingerprint density at radius 2 is 1.92 bits per heavy atom. The van der Waals surface area contributed by atoms with Gasteiger partial charge in [-0.1, -0.05) is 6.07 Å². The first-order chi connectivity index (χ1) is 17.6. The van der Waals surface area contributed by atoms with Crippen LogP contribution in [0.25, 0.3) is 0 Å². The number of ketones is 1. The highest BCUT2D eigenvalue weighted by Gasteiger charge is 2.36. The molecule has 0 radical (unpaired) electrons. The van der Waals surface area contributed by atoms with Crippen LogP contribution >= 0.6 is 0 Å². The van der Waals surface area contributed by atoms with Gasteiger partial charge in [-0.25, -0.2) is 9.37 Å². The van der Waals surface area contributed by atoms with E-state index < -0.39 is 18.5 Å². The lowest BCUT2D eigenvalue weighted by Gasteiger charge is -2.35. The molecule has 3 heterocycles. The molecule has 2 aromatic rings. The van der Waals surface area contributed by atoms with E-state index in [4.69, 9.17) is 9.47 Å². The molecule has 0 unspecified atom stereocenters. The summed E-state index contributed by atoms with van der Waals surface area (Å²) in [6.45, 7) is 0.682. The van der Waals surface area contributed by atoms with Crippen LogP contribution in [0.5, 0.6) is 11.6 Å². The second-order valence-corrected chi connectivity index (χ2v) is 10.2. The van der Waals surface area contributed by atoms with Crippen LogP contribution in [0, 0.1) is 5.92 Å². The van der Waals surface area contributed by atoms with Crippen LogP contribution in [0.3, 0.4) is 0 Å². The van der Waals surface area contributed by atoms with Gasteiger partial charge in [0.2, 0.25) is 5.88 Å². The maximum absolute atomic E-state index is 15.5. The Hall–Kier alpha value is -2.69. The minimum atomic E-state index is -4.41. The van der Waals surface area contributed by atoms with Crippen LogP contribution in [-0.4, -0.2) is 70.1 Å². The minimum absolute atomic E-state index is 0.00507. The van der Waals surface area contributed by atoms with Gasteiger partial charge in [0, 0.05) is 51.3 Å². The van der Waals surface area contributed by atoms with E-state index in [2.05, 4.69) is 15.0 Å². The second-order valence-electron chi connectivity index (χ2n) is 10.2. The quantitative estimate of drug-likeness (QED) is 0.425. The molecule has 1 aliphatic carbocycles. The van der Waals surface area contributed by atoms with E-state index in [9.17, 15) is 18.0 Å². The van der Waals surface area contributed by atoms with Gasteiger partial charge in [0.15, 0.2) is 18.1 Å². The van der Waals surface area contributed by atoms with E-state index >= 15 is 4.39 Å². The number of carbonyl (C=O) groups excluding carboxylic acids is 1. The van der Waals surface area contributed by atoms with Crippen molar-refractivity contribution in [3.05, 3.63) is 35.8 Å². The van der Waals surface area contributed by atoms with Gasteiger partial charge in [0.25, 0.3) is 0 Å². The highest BCUT2D eigenvalue weighted by Crippen LogP contribution is 2.39. The summed E-state index contributed by atoms with van der Waals surface area (Å²) >= 11 is 0. The summed E-state index contributed by atoms with van der Waals surface area (Å²) in [6.07, 6.45) is 3.27. The number of halogens is 4. The molecule has 0 spiro atoms. The normalized spacial score (nSPS) is 22.8. The number of hydrogen-bond acceptors (Lipinski definition) is 6. The van der Waals surface area contributed by atoms with E-state index in [1.54, 1.807) is 30.2 Å². The van der Waals surface area contributed by atoms with Gasteiger partial charge in [0.1, 0.15) is 12.3 Å². The highest BCUT2D eigenvalue weighted by molar-refractivity contribution is 5.80. The second kappa shape index (κ2) is 11.8. The number of aromatic nitrogens is 3. The number of nitrogens with zero attached hydrogens (tertiary/aromatic N) is 4. The van der Waals surface area contributed by atoms with E-state index in [0.717, 1.165) is 17.8 Å². The van der Waals surface area contributed by atoms with Crippen LogP contribution in [0.15, 0.2) is 24.5 Å². The number of ether oxygens (including phenoxy) is 2. The van der Waals surface area contributed by atoms with E-state index in [-0.39, 0.29) is 24.2 Å². The van der Waals surface area contributed by atoms with Crippen molar-refractivity contribution in [2.24, 2.45) is 13.0 Å². The predicted octanol–water partition coefficient (Wildman–Crippen LogP) is 4.48. The molecule has 2 aliphatic rings. The molecule has 4 rings (SSSR count). The summed E-state index contributed by atoms with van der Waals surface area (Å²) in [5, 5.41) is 4.00. The monoisotopic (exact) mass is 526 g/mol. The lowest BCUT2D eigenvalue weighted by molar-refractivity contribution is -0.154. The summed E-state index contributed by atoms with van der Waals surface area (Å²) in [4.78, 5) is 18.8. The van der Waals surface area contributed by atoms with Gasteiger partial charge in [-0.15, -0.1) is 0 Å². The van der Waals surface area contributed by atoms with E-state index in [1.807, 2.05) is 0 Å². The zero-order chi connectivity index (χ0) is 26.5. The molecular formula is C26H34F4N4O3. The third-order valence-corrected chi connectivity index (χ3v) is 7.26. The molecule has 1 aliphatic heterocycles. The van der Waals surface area contributed by atoms with Crippen LogP contribution in [0.4, 0.5) is 17.6 Å². The summed E-state index contributed by atoms with van der Waals surface area (Å²) in [5.74, 6) is 0.738. The molecule has 1 saturated carbocycles. The molecule has 0 amide bonds. The Balaban J connectivity index is 1.17. The van der Waals surface area contributed by atoms with Crippen molar-refractivity contribution in [1.29, 1.82) is 0 Å². The highest BCUT2D eigenvalue weighted by atomic mass is 19.4. The van der Waals surface area contributed by atoms with E-state index in [1.165, 1.54) is 6.07 Å². The topological polar surface area (TPSA) is 69.5 Å². The Morgan fingerprint density at radius 3 is 2.62 bits per heavy atom. The number of pyridine rings is 1. The Kier molecular flexibility index (Phi) is 8.71. The lowest BCUT2D eigenvalue weighted by atomic mass is 9.76. The SMILES string of the molecule is Cn1cc(OCC(=O)CC2CCC(F)(CCN3CCc4ccc(OCC(F)(F)F)nc4CC3)CC2)cn1. The number of alkyl halides is 4. The van der Waals surface area contributed by atoms with E-state index in [0.29, 0.717) is 70.2 Å². The summed E-state index contributed by atoms with van der Waals surface area (Å²) in [6, 6.07) is 3.25. The molecule has 0 N–H and O–H groups in total. The van der Waals surface area contributed by atoms with Gasteiger partial charge in [0.05, 0.1) is 12.4 Å². The predicted molar refractivity (Wildman–Crippen MR) is 128 cm³/mol. The average molecular weight is 527 g/mol. The maximum Gasteiger partial charge on any atom is 0.422 e. The number of hydrogen-bond donors (Lipinski definition) is 0. The molecule has 11 heteroatoms.